The van der Waals surface area contributed by atoms with Crippen LogP contribution >= 0.6 is 0 Å². The van der Waals surface area contributed by atoms with Gasteiger partial charge >= 0.3 is 5.76 Å². The Balaban J connectivity index is 1.40. The van der Waals surface area contributed by atoms with Gasteiger partial charge in [0.2, 0.25) is 5.91 Å². The molecule has 166 valence electrons. The van der Waals surface area contributed by atoms with E-state index >= 15 is 0 Å². The molecule has 1 aliphatic rings. The number of pyridine rings is 1. The van der Waals surface area contributed by atoms with Crippen molar-refractivity contribution in [2.45, 2.75) is 6.42 Å². The van der Waals surface area contributed by atoms with Crippen LogP contribution in [-0.2, 0) is 11.2 Å². The summed E-state index contributed by atoms with van der Waals surface area (Å²) in [7, 11) is 0. The fourth-order valence-electron chi connectivity index (χ4n) is 4.28. The van der Waals surface area contributed by atoms with Crippen LogP contribution in [0.15, 0.2) is 76.2 Å². The Kier molecular flexibility index (Phi) is 5.48. The van der Waals surface area contributed by atoms with Gasteiger partial charge in [0.15, 0.2) is 5.58 Å². The average molecular weight is 442 g/mol. The van der Waals surface area contributed by atoms with Crippen LogP contribution in [-0.4, -0.2) is 46.3 Å². The molecule has 2 amide bonds. The van der Waals surface area contributed by atoms with E-state index in [-0.39, 0.29) is 11.8 Å². The van der Waals surface area contributed by atoms with Gasteiger partial charge in [0, 0.05) is 37.6 Å². The van der Waals surface area contributed by atoms with Crippen LogP contribution in [0, 0.1) is 5.92 Å². The Labute approximate surface area is 189 Å². The van der Waals surface area contributed by atoms with Gasteiger partial charge in [-0.2, -0.15) is 0 Å². The molecule has 3 heterocycles. The number of fused-ring (bicyclic) bond motifs is 1. The molecule has 0 saturated carbocycles. The topological polar surface area (TPSA) is 108 Å². The first-order valence-electron chi connectivity index (χ1n) is 10.8. The predicted molar refractivity (Wildman–Crippen MR) is 123 cm³/mol. The molecule has 2 aromatic carbocycles. The summed E-state index contributed by atoms with van der Waals surface area (Å²) >= 11 is 0. The monoisotopic (exact) mass is 442 g/mol. The van der Waals surface area contributed by atoms with Gasteiger partial charge in [-0.3, -0.25) is 19.6 Å². The van der Waals surface area contributed by atoms with Gasteiger partial charge in [-0.15, -0.1) is 0 Å². The van der Waals surface area contributed by atoms with E-state index in [0.717, 1.165) is 16.7 Å². The third-order valence-corrected chi connectivity index (χ3v) is 5.92. The lowest BCUT2D eigenvalue weighted by Gasteiger charge is -2.24. The lowest BCUT2D eigenvalue weighted by Crippen LogP contribution is -2.37. The second-order valence-electron chi connectivity index (χ2n) is 8.06. The van der Waals surface area contributed by atoms with Crippen LogP contribution in [0.4, 0.5) is 0 Å². The Hall–Kier alpha value is -4.20. The number of aromatic amines is 1. The van der Waals surface area contributed by atoms with Gasteiger partial charge < -0.3 is 14.6 Å². The third-order valence-electron chi connectivity index (χ3n) is 5.92. The summed E-state index contributed by atoms with van der Waals surface area (Å²) < 4.78 is 5.02. The predicted octanol–water partition coefficient (Wildman–Crippen LogP) is 2.61. The number of benzene rings is 2. The van der Waals surface area contributed by atoms with Crippen LogP contribution in [0.3, 0.4) is 0 Å². The van der Waals surface area contributed by atoms with Crippen LogP contribution in [0.25, 0.3) is 22.2 Å². The van der Waals surface area contributed by atoms with Crippen molar-refractivity contribution in [1.29, 1.82) is 0 Å². The first kappa shape index (κ1) is 20.7. The van der Waals surface area contributed by atoms with E-state index in [4.69, 9.17) is 4.42 Å². The number of H-pyrrole nitrogens is 1. The number of oxazole rings is 1. The molecule has 33 heavy (non-hydrogen) atoms. The number of aromatic nitrogens is 2. The fourth-order valence-corrected chi connectivity index (χ4v) is 4.28. The second kappa shape index (κ2) is 8.74. The average Bonchev–Trinajstić information content (AvgIpc) is 3.12. The highest BCUT2D eigenvalue weighted by Crippen LogP contribution is 2.26. The number of carbonyl (C=O) groups is 2. The molecular weight excluding hydrogens is 420 g/mol. The summed E-state index contributed by atoms with van der Waals surface area (Å²) in [5, 5.41) is 2.94. The lowest BCUT2D eigenvalue weighted by molar-refractivity contribution is -0.124. The van der Waals surface area contributed by atoms with E-state index in [1.165, 1.54) is 0 Å². The molecule has 1 atom stereocenters. The minimum absolute atomic E-state index is 0.0653. The minimum Gasteiger partial charge on any atom is -0.408 e. The molecule has 0 aliphatic carbocycles. The molecule has 0 bridgehead atoms. The van der Waals surface area contributed by atoms with E-state index in [2.05, 4.69) is 15.3 Å². The Morgan fingerprint density at radius 3 is 2.76 bits per heavy atom. The molecule has 1 fully saturated rings. The van der Waals surface area contributed by atoms with Crippen molar-refractivity contribution in [1.82, 2.24) is 20.2 Å². The zero-order chi connectivity index (χ0) is 22.8. The summed E-state index contributed by atoms with van der Waals surface area (Å²) in [6, 6.07) is 16.7. The quantitative estimate of drug-likeness (QED) is 0.505. The molecule has 2 N–H and O–H groups in total. The maximum absolute atomic E-state index is 13.3. The van der Waals surface area contributed by atoms with E-state index in [0.29, 0.717) is 42.7 Å². The molecular formula is C25H22N4O4. The zero-order valence-electron chi connectivity index (χ0n) is 17.8. The molecule has 1 saturated heterocycles. The normalized spacial score (nSPS) is 16.4. The number of rotatable bonds is 4. The van der Waals surface area contributed by atoms with Crippen molar-refractivity contribution >= 4 is 22.9 Å². The van der Waals surface area contributed by atoms with Crippen molar-refractivity contribution in [3.8, 4) is 11.1 Å². The molecule has 1 unspecified atom stereocenters. The van der Waals surface area contributed by atoms with E-state index in [1.54, 1.807) is 35.5 Å². The van der Waals surface area contributed by atoms with Gasteiger partial charge in [-0.05, 0) is 53.4 Å². The minimum atomic E-state index is -0.563. The summed E-state index contributed by atoms with van der Waals surface area (Å²) in [4.78, 5) is 45.9. The number of hydrogen-bond donors (Lipinski definition) is 2. The van der Waals surface area contributed by atoms with Crippen molar-refractivity contribution in [2.24, 2.45) is 5.92 Å². The number of nitrogens with zero attached hydrogens (tertiary/aromatic N) is 2. The molecule has 8 heteroatoms. The summed E-state index contributed by atoms with van der Waals surface area (Å²) in [6.45, 7) is 1.10. The van der Waals surface area contributed by atoms with Crippen LogP contribution in [0.2, 0.25) is 0 Å². The highest BCUT2D eigenvalue weighted by Gasteiger charge is 2.29. The van der Waals surface area contributed by atoms with Crippen molar-refractivity contribution in [2.75, 3.05) is 19.6 Å². The molecule has 5 rings (SSSR count). The van der Waals surface area contributed by atoms with Crippen LogP contribution < -0.4 is 11.1 Å². The van der Waals surface area contributed by atoms with Crippen LogP contribution in [0.5, 0.6) is 0 Å². The standard InChI is InChI=1S/C25H22N4O4/c30-23-19(13-17-3-1-2-4-20(17)16-7-9-26-10-8-16)15-29(12-11-27-23)24(31)18-5-6-22-21(14-18)28-25(32)33-22/h1-10,14,19H,11-13,15H2,(H,27,30)(H,28,32). The van der Waals surface area contributed by atoms with Crippen LogP contribution in [0.1, 0.15) is 15.9 Å². The highest BCUT2D eigenvalue weighted by molar-refractivity contribution is 5.97. The zero-order valence-corrected chi connectivity index (χ0v) is 17.8. The summed E-state index contributed by atoms with van der Waals surface area (Å²) in [5.74, 6) is -1.21. The molecule has 0 spiro atoms. The molecule has 2 aromatic heterocycles. The van der Waals surface area contributed by atoms with Crippen molar-refractivity contribution in [3.05, 3.63) is 88.7 Å². The smallest absolute Gasteiger partial charge is 0.408 e. The van der Waals surface area contributed by atoms with E-state index < -0.39 is 11.7 Å². The van der Waals surface area contributed by atoms with Gasteiger partial charge in [-0.25, -0.2) is 4.79 Å². The van der Waals surface area contributed by atoms with Gasteiger partial charge in [0.25, 0.3) is 5.91 Å². The van der Waals surface area contributed by atoms with Gasteiger partial charge in [0.05, 0.1) is 11.4 Å². The summed E-state index contributed by atoms with van der Waals surface area (Å²) in [6.07, 6.45) is 3.99. The molecule has 8 nitrogen and oxygen atoms in total. The Bertz CT molecular complexity index is 1380. The van der Waals surface area contributed by atoms with Crippen molar-refractivity contribution < 1.29 is 14.0 Å². The number of carbonyl (C=O) groups excluding carboxylic acids is 2. The number of nitrogens with one attached hydrogen (secondary N) is 2. The van der Waals surface area contributed by atoms with E-state index in [1.807, 2.05) is 36.4 Å². The van der Waals surface area contributed by atoms with Crippen molar-refractivity contribution in [3.63, 3.8) is 0 Å². The van der Waals surface area contributed by atoms with Gasteiger partial charge in [-0.1, -0.05) is 24.3 Å². The summed E-state index contributed by atoms with van der Waals surface area (Å²) in [5.41, 5.74) is 4.42. The van der Waals surface area contributed by atoms with E-state index in [9.17, 15) is 14.4 Å². The Morgan fingerprint density at radius 1 is 1.09 bits per heavy atom. The maximum atomic E-state index is 13.3. The third kappa shape index (κ3) is 4.27. The molecule has 0 radical (unpaired) electrons. The first-order chi connectivity index (χ1) is 16.1. The van der Waals surface area contributed by atoms with Gasteiger partial charge in [0.1, 0.15) is 0 Å². The Morgan fingerprint density at radius 2 is 1.91 bits per heavy atom. The largest absolute Gasteiger partial charge is 0.417 e. The highest BCUT2D eigenvalue weighted by atomic mass is 16.4. The maximum Gasteiger partial charge on any atom is 0.417 e. The SMILES string of the molecule is O=C1NCCN(C(=O)c2ccc3oc(=O)[nH]c3c2)CC1Cc1ccccc1-c1ccncc1. The lowest BCUT2D eigenvalue weighted by atomic mass is 9.91. The fraction of sp³-hybridized carbons (Fsp3) is 0.200. The second-order valence-corrected chi connectivity index (χ2v) is 8.06. The molecule has 1 aliphatic heterocycles. The number of hydrogen-bond acceptors (Lipinski definition) is 5. The number of amides is 2. The first-order valence-corrected chi connectivity index (χ1v) is 10.8. The molecule has 4 aromatic rings.